The number of nitrogens with two attached hydrogens (primary N) is 1. The van der Waals surface area contributed by atoms with Gasteiger partial charge in [0.2, 0.25) is 0 Å². The number of hydrogen-bond donors (Lipinski definition) is 2. The van der Waals surface area contributed by atoms with E-state index in [1.807, 2.05) is 30.3 Å². The number of aliphatic imine (C=N–C) groups is 1. The Hall–Kier alpha value is -2.07. The average Bonchev–Trinajstić information content (AvgIpc) is 2.73. The summed E-state index contributed by atoms with van der Waals surface area (Å²) < 4.78 is 24.9. The summed E-state index contributed by atoms with van der Waals surface area (Å²) in [5.41, 5.74) is 9.02. The van der Waals surface area contributed by atoms with E-state index in [0.29, 0.717) is 32.3 Å². The number of guanidine groups is 1. The first-order chi connectivity index (χ1) is 13.7. The lowest BCUT2D eigenvalue weighted by Crippen LogP contribution is -2.38. The van der Waals surface area contributed by atoms with Crippen LogP contribution in [0.2, 0.25) is 0 Å². The zero-order valence-corrected chi connectivity index (χ0v) is 18.5. The van der Waals surface area contributed by atoms with Crippen molar-refractivity contribution in [2.45, 2.75) is 19.0 Å². The summed E-state index contributed by atoms with van der Waals surface area (Å²) in [6, 6.07) is 12.8. The number of ether oxygens (including phenoxy) is 2. The molecule has 8 heteroatoms. The topological polar surface area (TPSA) is 72.1 Å². The van der Waals surface area contributed by atoms with Gasteiger partial charge in [0.1, 0.15) is 11.6 Å². The van der Waals surface area contributed by atoms with Crippen molar-refractivity contribution in [2.24, 2.45) is 10.7 Å². The molecule has 2 heterocycles. The highest BCUT2D eigenvalue weighted by Gasteiger charge is 2.21. The molecule has 6 nitrogen and oxygen atoms in total. The second kappa shape index (κ2) is 10.1. The van der Waals surface area contributed by atoms with Gasteiger partial charge in [0.05, 0.1) is 32.4 Å². The molecule has 156 valence electrons. The van der Waals surface area contributed by atoms with Gasteiger partial charge in [-0.15, -0.1) is 24.0 Å². The van der Waals surface area contributed by atoms with Gasteiger partial charge in [0, 0.05) is 30.8 Å². The van der Waals surface area contributed by atoms with Crippen LogP contribution in [0.25, 0.3) is 0 Å². The number of halogens is 2. The number of para-hydroxylation sites is 1. The Kier molecular flexibility index (Phi) is 7.54. The second-order valence-electron chi connectivity index (χ2n) is 6.95. The smallest absolute Gasteiger partial charge is 0.189 e. The summed E-state index contributed by atoms with van der Waals surface area (Å²) in [4.78, 5) is 6.68. The Morgan fingerprint density at radius 3 is 2.79 bits per heavy atom. The highest BCUT2D eigenvalue weighted by atomic mass is 127. The van der Waals surface area contributed by atoms with Crippen molar-refractivity contribution in [3.63, 3.8) is 0 Å². The highest BCUT2D eigenvalue weighted by molar-refractivity contribution is 14.0. The fraction of sp³-hybridized carbons (Fsp3) is 0.381. The minimum absolute atomic E-state index is 0. The van der Waals surface area contributed by atoms with E-state index in [1.54, 1.807) is 0 Å². The molecule has 0 spiro atoms. The van der Waals surface area contributed by atoms with Crippen molar-refractivity contribution in [3.8, 4) is 5.75 Å². The summed E-state index contributed by atoms with van der Waals surface area (Å²) in [5, 5.41) is 3.28. The van der Waals surface area contributed by atoms with Gasteiger partial charge in [-0.3, -0.25) is 0 Å². The van der Waals surface area contributed by atoms with Crippen molar-refractivity contribution >= 4 is 35.6 Å². The number of morpholine rings is 1. The van der Waals surface area contributed by atoms with E-state index in [4.69, 9.17) is 15.2 Å². The molecule has 2 aliphatic rings. The van der Waals surface area contributed by atoms with Crippen molar-refractivity contribution in [1.29, 1.82) is 0 Å². The molecular formula is C21H26FIN4O2. The monoisotopic (exact) mass is 512 g/mol. The number of hydrogen-bond acceptors (Lipinski definition) is 4. The molecule has 0 saturated carbocycles. The van der Waals surface area contributed by atoms with Gasteiger partial charge < -0.3 is 25.4 Å². The molecule has 1 unspecified atom stereocenters. The molecule has 0 amide bonds. The summed E-state index contributed by atoms with van der Waals surface area (Å²) in [6.45, 7) is 3.87. The Morgan fingerprint density at radius 1 is 1.17 bits per heavy atom. The van der Waals surface area contributed by atoms with Crippen LogP contribution in [0.1, 0.15) is 23.6 Å². The largest absolute Gasteiger partial charge is 0.493 e. The SMILES string of the molecule is I.NC(=NCc1cc(F)ccc1N1CCOCC1)NC1CCOc2ccccc21. The fourth-order valence-electron chi connectivity index (χ4n) is 3.68. The predicted molar refractivity (Wildman–Crippen MR) is 123 cm³/mol. The van der Waals surface area contributed by atoms with Crippen LogP contribution in [-0.2, 0) is 11.3 Å². The first kappa shape index (κ1) is 21.6. The van der Waals surface area contributed by atoms with Gasteiger partial charge in [-0.2, -0.15) is 0 Å². The van der Waals surface area contributed by atoms with E-state index < -0.39 is 0 Å². The van der Waals surface area contributed by atoms with Gasteiger partial charge in [-0.05, 0) is 29.8 Å². The standard InChI is InChI=1S/C21H25FN4O2.HI/c22-16-5-6-19(26-8-11-27-12-9-26)15(13-16)14-24-21(23)25-18-7-10-28-20-4-2-1-3-17(18)20;/h1-6,13,18H,7-12,14H2,(H3,23,24,25);1H. The third-order valence-corrected chi connectivity index (χ3v) is 5.09. The lowest BCUT2D eigenvalue weighted by Gasteiger charge is -2.30. The molecule has 4 rings (SSSR count). The molecule has 0 aliphatic carbocycles. The van der Waals surface area contributed by atoms with Crippen molar-refractivity contribution < 1.29 is 13.9 Å². The van der Waals surface area contributed by atoms with Crippen LogP contribution in [0.3, 0.4) is 0 Å². The minimum Gasteiger partial charge on any atom is -0.493 e. The van der Waals surface area contributed by atoms with E-state index in [0.717, 1.165) is 42.1 Å². The van der Waals surface area contributed by atoms with E-state index in [-0.39, 0.29) is 35.8 Å². The second-order valence-corrected chi connectivity index (χ2v) is 6.95. The normalized spacial score (nSPS) is 19.0. The quantitative estimate of drug-likeness (QED) is 0.374. The first-order valence-corrected chi connectivity index (χ1v) is 9.60. The number of nitrogens with one attached hydrogen (secondary N) is 1. The molecule has 0 aromatic heterocycles. The van der Waals surface area contributed by atoms with Crippen LogP contribution in [0.4, 0.5) is 10.1 Å². The summed E-state index contributed by atoms with van der Waals surface area (Å²) in [6.07, 6.45) is 0.812. The lowest BCUT2D eigenvalue weighted by molar-refractivity contribution is 0.122. The molecule has 1 atom stereocenters. The van der Waals surface area contributed by atoms with E-state index in [9.17, 15) is 4.39 Å². The van der Waals surface area contributed by atoms with Gasteiger partial charge in [-0.1, -0.05) is 18.2 Å². The molecule has 2 aromatic rings. The van der Waals surface area contributed by atoms with Crippen LogP contribution in [0.15, 0.2) is 47.5 Å². The van der Waals surface area contributed by atoms with Crippen molar-refractivity contribution in [3.05, 3.63) is 59.4 Å². The third-order valence-electron chi connectivity index (χ3n) is 5.09. The molecule has 1 fully saturated rings. The van der Waals surface area contributed by atoms with Gasteiger partial charge >= 0.3 is 0 Å². The Morgan fingerprint density at radius 2 is 1.97 bits per heavy atom. The predicted octanol–water partition coefficient (Wildman–Crippen LogP) is 3.21. The molecule has 2 aromatic carbocycles. The van der Waals surface area contributed by atoms with Gasteiger partial charge in [-0.25, -0.2) is 9.38 Å². The Labute approximate surface area is 187 Å². The zero-order valence-electron chi connectivity index (χ0n) is 16.1. The van der Waals surface area contributed by atoms with E-state index >= 15 is 0 Å². The van der Waals surface area contributed by atoms with Crippen LogP contribution >= 0.6 is 24.0 Å². The maximum absolute atomic E-state index is 13.8. The van der Waals surface area contributed by atoms with Gasteiger partial charge in [0.25, 0.3) is 0 Å². The Bertz CT molecular complexity index is 858. The minimum atomic E-state index is -0.271. The molecular weight excluding hydrogens is 486 g/mol. The number of rotatable bonds is 4. The van der Waals surface area contributed by atoms with Gasteiger partial charge in [0.15, 0.2) is 5.96 Å². The fourth-order valence-corrected chi connectivity index (χ4v) is 3.68. The maximum atomic E-state index is 13.8. The van der Waals surface area contributed by atoms with Crippen molar-refractivity contribution in [1.82, 2.24) is 5.32 Å². The number of benzene rings is 2. The molecule has 1 saturated heterocycles. The average molecular weight is 512 g/mol. The van der Waals surface area contributed by atoms with E-state index in [1.165, 1.54) is 12.1 Å². The molecule has 0 bridgehead atoms. The number of fused-ring (bicyclic) bond motifs is 1. The lowest BCUT2D eigenvalue weighted by atomic mass is 10.0. The molecule has 29 heavy (non-hydrogen) atoms. The zero-order chi connectivity index (χ0) is 19.3. The summed E-state index contributed by atoms with van der Waals surface area (Å²) in [5.74, 6) is 0.949. The summed E-state index contributed by atoms with van der Waals surface area (Å²) in [7, 11) is 0. The number of anilines is 1. The Balaban J connectivity index is 0.00000240. The number of nitrogens with zero attached hydrogens (tertiary/aromatic N) is 2. The third kappa shape index (κ3) is 5.30. The van der Waals surface area contributed by atoms with Crippen LogP contribution in [0.5, 0.6) is 5.75 Å². The molecule has 3 N–H and O–H groups in total. The maximum Gasteiger partial charge on any atom is 0.189 e. The molecule has 0 radical (unpaired) electrons. The highest BCUT2D eigenvalue weighted by Crippen LogP contribution is 2.31. The molecule has 2 aliphatic heterocycles. The summed E-state index contributed by atoms with van der Waals surface area (Å²) >= 11 is 0. The van der Waals surface area contributed by atoms with Crippen LogP contribution in [-0.4, -0.2) is 38.9 Å². The van der Waals surface area contributed by atoms with E-state index in [2.05, 4.69) is 15.2 Å². The first-order valence-electron chi connectivity index (χ1n) is 9.60. The van der Waals surface area contributed by atoms with Crippen LogP contribution in [0, 0.1) is 5.82 Å². The van der Waals surface area contributed by atoms with Crippen LogP contribution < -0.4 is 20.7 Å². The van der Waals surface area contributed by atoms with Crippen molar-refractivity contribution in [2.75, 3.05) is 37.8 Å².